The highest BCUT2D eigenvalue weighted by molar-refractivity contribution is 5.89. The fourth-order valence-corrected chi connectivity index (χ4v) is 13.6. The van der Waals surface area contributed by atoms with E-state index in [-0.39, 0.29) is 58.0 Å². The average molecular weight is 677 g/mol. The summed E-state index contributed by atoms with van der Waals surface area (Å²) in [6.45, 7) is 11.2. The van der Waals surface area contributed by atoms with Gasteiger partial charge in [-0.2, -0.15) is 10.2 Å². The van der Waals surface area contributed by atoms with Crippen LogP contribution in [0.3, 0.4) is 0 Å². The Morgan fingerprint density at radius 3 is 2.37 bits per heavy atom. The number of nitrogens with zero attached hydrogens (tertiary/aromatic N) is 2. The molecule has 0 spiro atoms. The zero-order valence-corrected chi connectivity index (χ0v) is 30.5. The fraction of sp³-hybridized carbons (Fsp3) is 0.800. The van der Waals surface area contributed by atoms with Crippen LogP contribution in [0.4, 0.5) is 0 Å². The van der Waals surface area contributed by atoms with Crippen LogP contribution in [0.15, 0.2) is 44.3 Å². The second-order valence-electron chi connectivity index (χ2n) is 18.0. The smallest absolute Gasteiger partial charge is 0.331 e. The molecule has 0 radical (unpaired) electrons. The van der Waals surface area contributed by atoms with Crippen molar-refractivity contribution in [2.45, 2.75) is 149 Å². The predicted molar refractivity (Wildman–Crippen MR) is 188 cm³/mol. The maximum atomic E-state index is 13.5. The first-order valence-electron chi connectivity index (χ1n) is 19.3. The Morgan fingerprint density at radius 2 is 1.71 bits per heavy atom. The Morgan fingerprint density at radius 1 is 1.00 bits per heavy atom. The highest BCUT2D eigenvalue weighted by Crippen LogP contribution is 2.76. The van der Waals surface area contributed by atoms with Gasteiger partial charge in [-0.1, -0.05) is 38.8 Å². The minimum absolute atomic E-state index is 0.0765. The Kier molecular flexibility index (Phi) is 8.87. The van der Waals surface area contributed by atoms with Gasteiger partial charge in [-0.25, -0.2) is 4.79 Å². The number of esters is 1. The number of carboxylic acids is 1. The van der Waals surface area contributed by atoms with E-state index in [1.54, 1.807) is 5.57 Å². The van der Waals surface area contributed by atoms with Gasteiger partial charge in [0.25, 0.3) is 0 Å². The molecule has 9 heteroatoms. The number of aliphatic hydroxyl groups excluding tert-OH is 1. The molecule has 1 heterocycles. The SMILES string of the molecule is CC(=O)O[C@H]1C[C@@]2(C)[C@@H](C[C@@H](N)[C@H]3[C@@]4(C)CC[C@@H](O)[C@](C)(C5C=C(CN)N=N5)[C@@H]4CC[C@@]32C)/C1=C(/C(=O)O)C1CCCC(=C2CCCC2)C1. The third kappa shape index (κ3) is 5.17. The van der Waals surface area contributed by atoms with E-state index in [1.807, 2.05) is 0 Å². The van der Waals surface area contributed by atoms with Gasteiger partial charge in [0.1, 0.15) is 6.10 Å². The number of hydrogen-bond donors (Lipinski definition) is 4. The minimum Gasteiger partial charge on any atom is -0.478 e. The number of fused-ring (bicyclic) bond motifs is 5. The number of carbonyl (C=O) groups excluding carboxylic acids is 1. The van der Waals surface area contributed by atoms with E-state index >= 15 is 0 Å². The summed E-state index contributed by atoms with van der Waals surface area (Å²) in [4.78, 5) is 26.2. The number of nitrogens with two attached hydrogens (primary N) is 2. The van der Waals surface area contributed by atoms with Gasteiger partial charge >= 0.3 is 11.9 Å². The summed E-state index contributed by atoms with van der Waals surface area (Å²) < 4.78 is 6.17. The molecular weight excluding hydrogens is 616 g/mol. The monoisotopic (exact) mass is 676 g/mol. The van der Waals surface area contributed by atoms with Crippen LogP contribution in [-0.2, 0) is 14.3 Å². The van der Waals surface area contributed by atoms with Crippen molar-refractivity contribution >= 4 is 11.9 Å². The van der Waals surface area contributed by atoms with Gasteiger partial charge in [0.15, 0.2) is 0 Å². The number of rotatable bonds is 5. The quantitative estimate of drug-likeness (QED) is 0.139. The van der Waals surface area contributed by atoms with E-state index in [2.05, 4.69) is 44.0 Å². The maximum Gasteiger partial charge on any atom is 0.331 e. The molecule has 0 aromatic heterocycles. The first kappa shape index (κ1) is 35.1. The number of carbonyl (C=O) groups is 2. The molecule has 0 bridgehead atoms. The number of aliphatic hydroxyl groups is 1. The second-order valence-corrected chi connectivity index (χ2v) is 18.0. The third-order valence-corrected chi connectivity index (χ3v) is 15.9. The van der Waals surface area contributed by atoms with Crippen molar-refractivity contribution in [2.24, 2.45) is 67.0 Å². The van der Waals surface area contributed by atoms with Gasteiger partial charge in [0.05, 0.1) is 17.8 Å². The molecule has 6 aliphatic carbocycles. The molecule has 6 saturated carbocycles. The summed E-state index contributed by atoms with van der Waals surface area (Å²) in [7, 11) is 0. The number of ether oxygens (including phenoxy) is 1. The standard InChI is InChI=1S/C40H60N4O5/c1-22(45)49-29-20-39(4)27(34(29)33(36(47)48)25-12-8-11-24(17-25)23-9-6-7-10-23)19-28(42)35-37(2)15-14-32(46)40(5,30(37)13-16-38(35,39)3)31-18-26(21-41)43-44-31/h18,25,27-32,35,46H,6-17,19-21,41-42H2,1-5H3,(H,47,48)/b34-33-/t25?,27-,28+,29-,30+,31?,32+,35-,37-,38-,39-,40-/m0/s1. The van der Waals surface area contributed by atoms with Crippen LogP contribution >= 0.6 is 0 Å². The van der Waals surface area contributed by atoms with Crippen LogP contribution in [0.2, 0.25) is 0 Å². The molecule has 0 aromatic rings. The van der Waals surface area contributed by atoms with Crippen molar-refractivity contribution < 1.29 is 24.5 Å². The number of allylic oxidation sites excluding steroid dienone is 2. The van der Waals surface area contributed by atoms with Crippen LogP contribution in [0.1, 0.15) is 125 Å². The van der Waals surface area contributed by atoms with Gasteiger partial charge in [0, 0.05) is 30.5 Å². The summed E-state index contributed by atoms with van der Waals surface area (Å²) in [5.74, 6) is -1.06. The molecule has 0 saturated heterocycles. The summed E-state index contributed by atoms with van der Waals surface area (Å²) >= 11 is 0. The first-order chi connectivity index (χ1) is 23.2. The second kappa shape index (κ2) is 12.4. The van der Waals surface area contributed by atoms with Crippen LogP contribution in [0.25, 0.3) is 0 Å². The topological polar surface area (TPSA) is 161 Å². The van der Waals surface area contributed by atoms with E-state index < -0.39 is 23.6 Å². The Bertz CT molecular complexity index is 1510. The lowest BCUT2D eigenvalue weighted by molar-refractivity contribution is -0.229. The van der Waals surface area contributed by atoms with Crippen molar-refractivity contribution in [3.05, 3.63) is 34.1 Å². The van der Waals surface area contributed by atoms with Gasteiger partial charge < -0.3 is 26.4 Å². The van der Waals surface area contributed by atoms with Gasteiger partial charge in [-0.15, -0.1) is 0 Å². The molecule has 2 unspecified atom stereocenters. The normalized spacial score (nSPS) is 47.3. The van der Waals surface area contributed by atoms with E-state index in [0.717, 1.165) is 69.1 Å². The lowest BCUT2D eigenvalue weighted by Crippen LogP contribution is -2.69. The fourth-order valence-electron chi connectivity index (χ4n) is 13.6. The van der Waals surface area contributed by atoms with E-state index in [0.29, 0.717) is 31.4 Å². The highest BCUT2D eigenvalue weighted by Gasteiger charge is 2.72. The minimum atomic E-state index is -0.858. The summed E-state index contributed by atoms with van der Waals surface area (Å²) in [6.07, 6.45) is 14.1. The zero-order chi connectivity index (χ0) is 35.1. The number of aliphatic carboxylic acids is 1. The summed E-state index contributed by atoms with van der Waals surface area (Å²) in [5, 5.41) is 31.8. The zero-order valence-electron chi connectivity index (χ0n) is 30.5. The molecule has 6 fully saturated rings. The number of hydrogen-bond acceptors (Lipinski definition) is 8. The lowest BCUT2D eigenvalue weighted by atomic mass is 9.34. The maximum absolute atomic E-state index is 13.5. The molecule has 9 nitrogen and oxygen atoms in total. The van der Waals surface area contributed by atoms with Gasteiger partial charge in [-0.05, 0) is 141 Å². The molecule has 6 N–H and O–H groups in total. The third-order valence-electron chi connectivity index (χ3n) is 15.9. The summed E-state index contributed by atoms with van der Waals surface area (Å²) in [5.41, 5.74) is 17.4. The van der Waals surface area contributed by atoms with Crippen molar-refractivity contribution in [2.75, 3.05) is 6.54 Å². The van der Waals surface area contributed by atoms with Crippen LogP contribution in [0.5, 0.6) is 0 Å². The Hall–Kier alpha value is -2.36. The van der Waals surface area contributed by atoms with Crippen LogP contribution < -0.4 is 11.5 Å². The van der Waals surface area contributed by atoms with Crippen molar-refractivity contribution in [3.8, 4) is 0 Å². The Balaban J connectivity index is 1.30. The highest BCUT2D eigenvalue weighted by atomic mass is 16.5. The molecule has 7 rings (SSSR count). The van der Waals surface area contributed by atoms with Gasteiger partial charge in [0.2, 0.25) is 0 Å². The largest absolute Gasteiger partial charge is 0.478 e. The molecule has 1 aliphatic heterocycles. The van der Waals surface area contributed by atoms with Gasteiger partial charge in [-0.3, -0.25) is 4.79 Å². The molecule has 7 aliphatic rings. The predicted octanol–water partition coefficient (Wildman–Crippen LogP) is 6.99. The van der Waals surface area contributed by atoms with Crippen molar-refractivity contribution in [3.63, 3.8) is 0 Å². The van der Waals surface area contributed by atoms with Crippen molar-refractivity contribution in [1.29, 1.82) is 0 Å². The van der Waals surface area contributed by atoms with Crippen molar-refractivity contribution in [1.82, 2.24) is 0 Å². The molecule has 49 heavy (non-hydrogen) atoms. The molecular formula is C40H60N4O5. The molecule has 0 aromatic carbocycles. The molecule has 12 atom stereocenters. The van der Waals surface area contributed by atoms with E-state index in [9.17, 15) is 19.8 Å². The number of azo groups is 1. The van der Waals surface area contributed by atoms with Crippen LogP contribution in [-0.4, -0.2) is 53.0 Å². The van der Waals surface area contributed by atoms with E-state index in [4.69, 9.17) is 16.2 Å². The lowest BCUT2D eigenvalue weighted by Gasteiger charge is -2.71. The van der Waals surface area contributed by atoms with E-state index in [1.165, 1.54) is 25.3 Å². The first-order valence-corrected chi connectivity index (χ1v) is 19.3. The summed E-state index contributed by atoms with van der Waals surface area (Å²) in [6, 6.07) is -0.399. The molecule has 0 amide bonds. The number of carboxylic acid groups (broad SMARTS) is 1. The Labute approximate surface area is 292 Å². The van der Waals surface area contributed by atoms with Crippen LogP contribution in [0, 0.1) is 45.3 Å². The average Bonchev–Trinajstić information content (AvgIpc) is 3.81. The molecule has 270 valence electrons.